The fourth-order valence-corrected chi connectivity index (χ4v) is 4.12. The van der Waals surface area contributed by atoms with Gasteiger partial charge in [0, 0.05) is 5.02 Å². The highest BCUT2D eigenvalue weighted by molar-refractivity contribution is 14.1. The number of hydrogen-bond donors (Lipinski definition) is 0. The van der Waals surface area contributed by atoms with Gasteiger partial charge in [-0.1, -0.05) is 33.6 Å². The van der Waals surface area contributed by atoms with Crippen molar-refractivity contribution in [3.8, 4) is 0 Å². The zero-order valence-electron chi connectivity index (χ0n) is 8.81. The van der Waals surface area contributed by atoms with Crippen LogP contribution < -0.4 is 0 Å². The molecular formula is C12H8BrClFIS. The molecule has 0 amide bonds. The Bertz CT molecular complexity index is 555. The Balaban J connectivity index is 2.43. The summed E-state index contributed by atoms with van der Waals surface area (Å²) in [5.74, 6) is -0.265. The average Bonchev–Trinajstić information content (AvgIpc) is 2.69. The van der Waals surface area contributed by atoms with E-state index in [-0.39, 0.29) is 10.6 Å². The average molecular weight is 446 g/mol. The van der Waals surface area contributed by atoms with E-state index in [2.05, 4.69) is 50.0 Å². The molecule has 0 saturated carbocycles. The van der Waals surface area contributed by atoms with E-state index in [1.165, 1.54) is 8.95 Å². The molecule has 1 atom stereocenters. The lowest BCUT2D eigenvalue weighted by Crippen LogP contribution is -1.95. The third-order valence-electron chi connectivity index (χ3n) is 2.43. The molecule has 0 spiro atoms. The van der Waals surface area contributed by atoms with Crippen LogP contribution in [0.3, 0.4) is 0 Å². The van der Waals surface area contributed by atoms with Crippen LogP contribution in [0, 0.1) is 15.6 Å². The Labute approximate surface area is 130 Å². The van der Waals surface area contributed by atoms with Crippen LogP contribution in [0.15, 0.2) is 23.6 Å². The van der Waals surface area contributed by atoms with Crippen molar-refractivity contribution < 1.29 is 4.39 Å². The summed E-state index contributed by atoms with van der Waals surface area (Å²) in [5.41, 5.74) is 2.66. The Morgan fingerprint density at radius 2 is 2.12 bits per heavy atom. The van der Waals surface area contributed by atoms with Crippen molar-refractivity contribution >= 4 is 61.5 Å². The number of halogens is 4. The van der Waals surface area contributed by atoms with Crippen molar-refractivity contribution in [2.45, 2.75) is 11.8 Å². The third kappa shape index (κ3) is 3.03. The van der Waals surface area contributed by atoms with E-state index in [4.69, 9.17) is 11.6 Å². The number of rotatable bonds is 2. The molecule has 0 N–H and O–H groups in total. The van der Waals surface area contributed by atoms with E-state index >= 15 is 0 Å². The van der Waals surface area contributed by atoms with Gasteiger partial charge in [-0.05, 0) is 63.7 Å². The summed E-state index contributed by atoms with van der Waals surface area (Å²) in [4.78, 5) is 0.00839. The summed E-state index contributed by atoms with van der Waals surface area (Å²) in [6.45, 7) is 1.74. The van der Waals surface area contributed by atoms with Gasteiger partial charge in [-0.2, -0.15) is 0 Å². The maximum atomic E-state index is 13.3. The van der Waals surface area contributed by atoms with Crippen LogP contribution in [0.2, 0.25) is 5.02 Å². The standard InChI is InChI=1S/C12H8BrClFIS/c1-6-2-8(9(14)4-10(6)15)12(13)7-3-11(16)17-5-7/h2-5,12H,1H3. The molecule has 1 heterocycles. The monoisotopic (exact) mass is 444 g/mol. The van der Waals surface area contributed by atoms with Crippen LogP contribution in [0.4, 0.5) is 4.39 Å². The molecule has 2 rings (SSSR count). The molecule has 0 radical (unpaired) electrons. The lowest BCUT2D eigenvalue weighted by atomic mass is 10.0. The third-order valence-corrected chi connectivity index (χ3v) is 5.59. The van der Waals surface area contributed by atoms with E-state index in [1.807, 2.05) is 0 Å². The van der Waals surface area contributed by atoms with Gasteiger partial charge in [-0.3, -0.25) is 0 Å². The van der Waals surface area contributed by atoms with Crippen molar-refractivity contribution in [1.29, 1.82) is 0 Å². The van der Waals surface area contributed by atoms with Crippen molar-refractivity contribution in [3.63, 3.8) is 0 Å². The molecule has 1 aromatic carbocycles. The molecule has 90 valence electrons. The predicted octanol–water partition coefficient (Wildman–Crippen LogP) is 5.94. The normalized spacial score (nSPS) is 12.8. The van der Waals surface area contributed by atoms with Crippen LogP contribution in [0.1, 0.15) is 21.5 Å². The Morgan fingerprint density at radius 1 is 1.41 bits per heavy atom. The number of aryl methyl sites for hydroxylation is 1. The van der Waals surface area contributed by atoms with Crippen molar-refractivity contribution in [2.24, 2.45) is 0 Å². The summed E-state index contributed by atoms with van der Waals surface area (Å²) >= 11 is 13.7. The molecule has 5 heteroatoms. The molecular weight excluding hydrogens is 437 g/mol. The zero-order valence-corrected chi connectivity index (χ0v) is 14.1. The fourth-order valence-electron chi connectivity index (χ4n) is 1.51. The van der Waals surface area contributed by atoms with Gasteiger partial charge in [0.2, 0.25) is 0 Å². The van der Waals surface area contributed by atoms with Gasteiger partial charge in [-0.25, -0.2) is 4.39 Å². The maximum Gasteiger partial charge on any atom is 0.127 e. The second-order valence-corrected chi connectivity index (χ2v) is 7.80. The van der Waals surface area contributed by atoms with Crippen LogP contribution in [0.5, 0.6) is 0 Å². The summed E-state index contributed by atoms with van der Waals surface area (Å²) in [6.07, 6.45) is 0. The topological polar surface area (TPSA) is 0 Å². The highest BCUT2D eigenvalue weighted by atomic mass is 127. The summed E-state index contributed by atoms with van der Waals surface area (Å²) in [7, 11) is 0. The molecule has 17 heavy (non-hydrogen) atoms. The highest BCUT2D eigenvalue weighted by Gasteiger charge is 2.16. The van der Waals surface area contributed by atoms with E-state index in [1.54, 1.807) is 24.3 Å². The molecule has 0 bridgehead atoms. The predicted molar refractivity (Wildman–Crippen MR) is 84.0 cm³/mol. The molecule has 1 aromatic heterocycles. The van der Waals surface area contributed by atoms with E-state index < -0.39 is 0 Å². The fraction of sp³-hybridized carbons (Fsp3) is 0.167. The van der Waals surface area contributed by atoms with Crippen LogP contribution in [-0.2, 0) is 0 Å². The largest absolute Gasteiger partial charge is 0.207 e. The first-order chi connectivity index (χ1) is 7.99. The SMILES string of the molecule is Cc1cc(C(Br)c2csc(I)c2)c(Cl)cc1F. The number of hydrogen-bond acceptors (Lipinski definition) is 1. The molecule has 1 unspecified atom stereocenters. The molecule has 0 saturated heterocycles. The molecule has 0 fully saturated rings. The number of alkyl halides is 1. The van der Waals surface area contributed by atoms with Gasteiger partial charge < -0.3 is 0 Å². The summed E-state index contributed by atoms with van der Waals surface area (Å²) < 4.78 is 14.6. The Kier molecular flexibility index (Phi) is 4.50. The smallest absolute Gasteiger partial charge is 0.127 e. The lowest BCUT2D eigenvalue weighted by molar-refractivity contribution is 0.618. The molecule has 0 aliphatic heterocycles. The second kappa shape index (κ2) is 5.55. The van der Waals surface area contributed by atoms with Gasteiger partial charge in [0.25, 0.3) is 0 Å². The molecule has 0 aliphatic rings. The zero-order chi connectivity index (χ0) is 12.6. The minimum absolute atomic E-state index is 0.00839. The maximum absolute atomic E-state index is 13.3. The van der Waals surface area contributed by atoms with Gasteiger partial charge in [0.15, 0.2) is 0 Å². The molecule has 2 aromatic rings. The first-order valence-electron chi connectivity index (χ1n) is 4.82. The summed E-state index contributed by atoms with van der Waals surface area (Å²) in [6, 6.07) is 5.26. The van der Waals surface area contributed by atoms with Crippen molar-refractivity contribution in [1.82, 2.24) is 0 Å². The Hall–Kier alpha value is 0.350. The van der Waals surface area contributed by atoms with Crippen molar-refractivity contribution in [2.75, 3.05) is 0 Å². The van der Waals surface area contributed by atoms with E-state index in [9.17, 15) is 4.39 Å². The van der Waals surface area contributed by atoms with Crippen LogP contribution in [0.25, 0.3) is 0 Å². The van der Waals surface area contributed by atoms with Gasteiger partial charge in [-0.15, -0.1) is 11.3 Å². The first kappa shape index (κ1) is 13.8. The molecule has 0 nitrogen and oxygen atoms in total. The lowest BCUT2D eigenvalue weighted by Gasteiger charge is -2.12. The molecule has 0 aliphatic carbocycles. The van der Waals surface area contributed by atoms with Gasteiger partial charge in [0.05, 0.1) is 7.71 Å². The Morgan fingerprint density at radius 3 is 2.71 bits per heavy atom. The minimum Gasteiger partial charge on any atom is -0.207 e. The number of thiophene rings is 1. The first-order valence-corrected chi connectivity index (χ1v) is 8.08. The van der Waals surface area contributed by atoms with E-state index in [0.29, 0.717) is 10.6 Å². The van der Waals surface area contributed by atoms with E-state index in [0.717, 1.165) is 11.1 Å². The quantitative estimate of drug-likeness (QED) is 0.397. The summed E-state index contributed by atoms with van der Waals surface area (Å²) in [5, 5.41) is 2.53. The van der Waals surface area contributed by atoms with Crippen LogP contribution >= 0.6 is 61.5 Å². The highest BCUT2D eigenvalue weighted by Crippen LogP contribution is 2.38. The van der Waals surface area contributed by atoms with Crippen LogP contribution in [-0.4, -0.2) is 0 Å². The second-order valence-electron chi connectivity index (χ2n) is 3.67. The van der Waals surface area contributed by atoms with Gasteiger partial charge in [0.1, 0.15) is 5.82 Å². The van der Waals surface area contributed by atoms with Gasteiger partial charge >= 0.3 is 0 Å². The van der Waals surface area contributed by atoms with Crippen molar-refractivity contribution in [3.05, 3.63) is 54.0 Å². The minimum atomic E-state index is -0.265. The number of benzene rings is 1.